The second-order valence-electron chi connectivity index (χ2n) is 7.15. The molecule has 0 spiro atoms. The van der Waals surface area contributed by atoms with Gasteiger partial charge < -0.3 is 10.3 Å². The number of aromatic nitrogens is 1. The van der Waals surface area contributed by atoms with Gasteiger partial charge in [0.25, 0.3) is 0 Å². The van der Waals surface area contributed by atoms with Crippen LogP contribution in [0.25, 0.3) is 5.69 Å². The third kappa shape index (κ3) is 2.58. The number of nitrogens with zero attached hydrogens (tertiary/aromatic N) is 1. The number of rotatable bonds is 1. The van der Waals surface area contributed by atoms with Crippen molar-refractivity contribution in [2.45, 2.75) is 46.6 Å². The molecular formula is C18H23BrN2. The third-order valence-electron chi connectivity index (χ3n) is 4.48. The molecule has 2 nitrogen and oxygen atoms in total. The Morgan fingerprint density at radius 1 is 1.29 bits per heavy atom. The molecule has 0 bridgehead atoms. The maximum Gasteiger partial charge on any atom is 0.0623 e. The molecule has 1 aromatic carbocycles. The van der Waals surface area contributed by atoms with Crippen molar-refractivity contribution in [2.24, 2.45) is 11.1 Å². The standard InChI is InChI=1S/C18H23BrN2/c1-11-7-12(2)17(14(19)8-11)21-6-5-13-15(20)9-18(3,4)10-16(13)21/h5-8,15H,9-10,20H2,1-4H3. The van der Waals surface area contributed by atoms with Crippen molar-refractivity contribution < 1.29 is 0 Å². The number of benzene rings is 1. The first kappa shape index (κ1) is 14.9. The van der Waals surface area contributed by atoms with Crippen LogP contribution in [0.2, 0.25) is 0 Å². The summed E-state index contributed by atoms with van der Waals surface area (Å²) in [6, 6.07) is 6.76. The highest BCUT2D eigenvalue weighted by molar-refractivity contribution is 9.10. The van der Waals surface area contributed by atoms with Crippen molar-refractivity contribution in [2.75, 3.05) is 0 Å². The molecule has 2 aromatic rings. The lowest BCUT2D eigenvalue weighted by molar-refractivity contribution is 0.278. The van der Waals surface area contributed by atoms with E-state index < -0.39 is 0 Å². The fourth-order valence-corrected chi connectivity index (χ4v) is 4.52. The molecule has 2 N–H and O–H groups in total. The summed E-state index contributed by atoms with van der Waals surface area (Å²) in [5, 5.41) is 0. The molecule has 1 aromatic heterocycles. The van der Waals surface area contributed by atoms with E-state index in [4.69, 9.17) is 5.73 Å². The van der Waals surface area contributed by atoms with Gasteiger partial charge in [0.05, 0.1) is 5.69 Å². The lowest BCUT2D eigenvalue weighted by atomic mass is 9.74. The Morgan fingerprint density at radius 3 is 2.67 bits per heavy atom. The average molecular weight is 347 g/mol. The molecule has 1 unspecified atom stereocenters. The summed E-state index contributed by atoms with van der Waals surface area (Å²) in [4.78, 5) is 0. The van der Waals surface area contributed by atoms with E-state index in [0.717, 1.165) is 17.3 Å². The minimum absolute atomic E-state index is 0.148. The molecule has 0 aliphatic heterocycles. The molecule has 1 aliphatic rings. The van der Waals surface area contributed by atoms with E-state index in [0.29, 0.717) is 0 Å². The number of nitrogens with two attached hydrogens (primary N) is 1. The van der Waals surface area contributed by atoms with E-state index in [9.17, 15) is 0 Å². The zero-order valence-corrected chi connectivity index (χ0v) is 14.8. The minimum atomic E-state index is 0.148. The van der Waals surface area contributed by atoms with Crippen LogP contribution in [0, 0.1) is 19.3 Å². The lowest BCUT2D eigenvalue weighted by Gasteiger charge is -2.34. The molecule has 0 amide bonds. The summed E-state index contributed by atoms with van der Waals surface area (Å²) in [7, 11) is 0. The van der Waals surface area contributed by atoms with Crippen molar-refractivity contribution >= 4 is 15.9 Å². The fraction of sp³-hybridized carbons (Fsp3) is 0.444. The van der Waals surface area contributed by atoms with Gasteiger partial charge in [-0.3, -0.25) is 0 Å². The van der Waals surface area contributed by atoms with Gasteiger partial charge in [0, 0.05) is 22.4 Å². The monoisotopic (exact) mass is 346 g/mol. The highest BCUT2D eigenvalue weighted by Gasteiger charge is 2.33. The van der Waals surface area contributed by atoms with E-state index in [1.165, 1.54) is 28.1 Å². The molecule has 1 aliphatic carbocycles. The van der Waals surface area contributed by atoms with Crippen LogP contribution in [0.5, 0.6) is 0 Å². The van der Waals surface area contributed by atoms with Crippen LogP contribution in [0.3, 0.4) is 0 Å². The molecule has 1 atom stereocenters. The molecule has 0 saturated heterocycles. The number of halogens is 1. The summed E-state index contributed by atoms with van der Waals surface area (Å²) in [5.74, 6) is 0. The first-order valence-corrected chi connectivity index (χ1v) is 8.31. The van der Waals surface area contributed by atoms with Gasteiger partial charge in [-0.2, -0.15) is 0 Å². The molecule has 0 fully saturated rings. The fourth-order valence-electron chi connectivity index (χ4n) is 3.66. The Kier molecular flexibility index (Phi) is 3.53. The van der Waals surface area contributed by atoms with Gasteiger partial charge >= 0.3 is 0 Å². The predicted molar refractivity (Wildman–Crippen MR) is 92.0 cm³/mol. The van der Waals surface area contributed by atoms with Crippen molar-refractivity contribution in [1.29, 1.82) is 0 Å². The Morgan fingerprint density at radius 2 is 2.00 bits per heavy atom. The van der Waals surface area contributed by atoms with Crippen molar-refractivity contribution in [3.63, 3.8) is 0 Å². The van der Waals surface area contributed by atoms with Crippen LogP contribution in [0.1, 0.15) is 48.7 Å². The van der Waals surface area contributed by atoms with Gasteiger partial charge in [-0.05, 0) is 76.9 Å². The van der Waals surface area contributed by atoms with Crippen molar-refractivity contribution in [3.8, 4) is 5.69 Å². The maximum absolute atomic E-state index is 6.39. The number of fused-ring (bicyclic) bond motifs is 1. The lowest BCUT2D eigenvalue weighted by Crippen LogP contribution is -2.30. The largest absolute Gasteiger partial charge is 0.324 e. The average Bonchev–Trinajstić information content (AvgIpc) is 2.70. The van der Waals surface area contributed by atoms with E-state index in [1.807, 2.05) is 0 Å². The highest BCUT2D eigenvalue weighted by atomic mass is 79.9. The van der Waals surface area contributed by atoms with Gasteiger partial charge in [0.15, 0.2) is 0 Å². The van der Waals surface area contributed by atoms with Crippen molar-refractivity contribution in [3.05, 3.63) is 51.3 Å². The molecule has 1 heterocycles. The van der Waals surface area contributed by atoms with E-state index in [2.05, 4.69) is 72.6 Å². The van der Waals surface area contributed by atoms with Gasteiger partial charge in [0.2, 0.25) is 0 Å². The summed E-state index contributed by atoms with van der Waals surface area (Å²) in [6.45, 7) is 8.92. The molecule has 0 saturated carbocycles. The Balaban J connectivity index is 2.19. The number of hydrogen-bond acceptors (Lipinski definition) is 1. The van der Waals surface area contributed by atoms with E-state index >= 15 is 0 Å². The second-order valence-corrected chi connectivity index (χ2v) is 8.01. The van der Waals surface area contributed by atoms with Crippen LogP contribution in [0.4, 0.5) is 0 Å². The van der Waals surface area contributed by atoms with Gasteiger partial charge in [-0.25, -0.2) is 0 Å². The van der Waals surface area contributed by atoms with E-state index in [-0.39, 0.29) is 11.5 Å². The molecule has 0 radical (unpaired) electrons. The SMILES string of the molecule is Cc1cc(C)c(-n2ccc3c2CC(C)(C)CC3N)c(Br)c1. The second kappa shape index (κ2) is 4.99. The van der Waals surface area contributed by atoms with Crippen molar-refractivity contribution in [1.82, 2.24) is 4.57 Å². The quantitative estimate of drug-likeness (QED) is 0.787. The number of hydrogen-bond donors (Lipinski definition) is 1. The Labute approximate surface area is 135 Å². The smallest absolute Gasteiger partial charge is 0.0623 e. The minimum Gasteiger partial charge on any atom is -0.324 e. The van der Waals surface area contributed by atoms with Gasteiger partial charge in [0.1, 0.15) is 0 Å². The van der Waals surface area contributed by atoms with Gasteiger partial charge in [-0.15, -0.1) is 0 Å². The summed E-state index contributed by atoms with van der Waals surface area (Å²) in [6.07, 6.45) is 4.30. The summed E-state index contributed by atoms with van der Waals surface area (Å²) < 4.78 is 3.48. The Bertz CT molecular complexity index is 674. The normalized spacial score (nSPS) is 20.4. The van der Waals surface area contributed by atoms with Gasteiger partial charge in [-0.1, -0.05) is 19.9 Å². The zero-order chi connectivity index (χ0) is 15.4. The molecular weight excluding hydrogens is 324 g/mol. The molecule has 112 valence electrons. The summed E-state index contributed by atoms with van der Waals surface area (Å²) >= 11 is 3.74. The summed E-state index contributed by atoms with van der Waals surface area (Å²) in [5.41, 5.74) is 13.1. The highest BCUT2D eigenvalue weighted by Crippen LogP contribution is 2.41. The topological polar surface area (TPSA) is 30.9 Å². The molecule has 3 heteroatoms. The molecule has 3 rings (SSSR count). The van der Waals surface area contributed by atoms with E-state index in [1.54, 1.807) is 0 Å². The van der Waals surface area contributed by atoms with Crippen LogP contribution in [-0.2, 0) is 6.42 Å². The first-order valence-electron chi connectivity index (χ1n) is 7.51. The number of aryl methyl sites for hydroxylation is 2. The maximum atomic E-state index is 6.39. The molecule has 21 heavy (non-hydrogen) atoms. The zero-order valence-electron chi connectivity index (χ0n) is 13.2. The first-order chi connectivity index (χ1) is 9.78. The Hall–Kier alpha value is -1.06. The third-order valence-corrected chi connectivity index (χ3v) is 5.09. The van der Waals surface area contributed by atoms with Crippen LogP contribution < -0.4 is 5.73 Å². The van der Waals surface area contributed by atoms with Crippen LogP contribution >= 0.6 is 15.9 Å². The van der Waals surface area contributed by atoms with Crippen LogP contribution in [-0.4, -0.2) is 4.57 Å². The predicted octanol–water partition coefficient (Wildman–Crippen LogP) is 4.83. The van der Waals surface area contributed by atoms with Crippen LogP contribution in [0.15, 0.2) is 28.9 Å².